The van der Waals surface area contributed by atoms with Crippen molar-refractivity contribution in [2.75, 3.05) is 41.7 Å². The summed E-state index contributed by atoms with van der Waals surface area (Å²) in [5.74, 6) is 0.401. The van der Waals surface area contributed by atoms with E-state index in [0.29, 0.717) is 59.9 Å². The first-order valence-corrected chi connectivity index (χ1v) is 43.2. The monoisotopic (exact) mass is 1790 g/mol. The third kappa shape index (κ3) is 20.2. The van der Waals surface area contributed by atoms with Crippen molar-refractivity contribution in [3.05, 3.63) is 181 Å². The number of thiazole rings is 4. The summed E-state index contributed by atoms with van der Waals surface area (Å²) < 4.78 is 37.5. The molecule has 0 saturated carbocycles. The van der Waals surface area contributed by atoms with Crippen LogP contribution in [0.5, 0.6) is 0 Å². The van der Waals surface area contributed by atoms with Crippen LogP contribution in [0.1, 0.15) is 130 Å². The first kappa shape index (κ1) is 86.2. The van der Waals surface area contributed by atoms with Gasteiger partial charge in [0.25, 0.3) is 5.91 Å². The zero-order valence-corrected chi connectivity index (χ0v) is 72.1. The number of nitrogens with two attached hydrogens (primary N) is 4. The molecule has 14 rings (SSSR count). The third-order valence-electron chi connectivity index (χ3n) is 17.1. The molecular formula is C72H79B3Br3Cl4FN14O6S4. The van der Waals surface area contributed by atoms with Gasteiger partial charge in [-0.15, -0.1) is 45.3 Å². The Labute approximate surface area is 681 Å². The molecule has 2 aliphatic heterocycles. The second kappa shape index (κ2) is 38.5. The van der Waals surface area contributed by atoms with E-state index in [1.54, 1.807) is 80.0 Å². The minimum absolute atomic E-state index is 0.0231. The largest absolute Gasteiger partial charge is 0.453 e. The van der Waals surface area contributed by atoms with Crippen molar-refractivity contribution in [1.82, 2.24) is 44.4 Å². The van der Waals surface area contributed by atoms with Gasteiger partial charge >= 0.3 is 27.0 Å². The van der Waals surface area contributed by atoms with E-state index in [0.717, 1.165) is 70.6 Å². The number of fused-ring (bicyclic) bond motifs is 5. The zero-order chi connectivity index (χ0) is 78.7. The van der Waals surface area contributed by atoms with Crippen LogP contribution < -0.4 is 33.5 Å². The predicted octanol–water partition coefficient (Wildman–Crippen LogP) is 20.8. The number of rotatable bonds is 9. The second-order valence-corrected chi connectivity index (χ2v) is 31.9. The molecular weight excluding hydrogens is 1720 g/mol. The molecule has 0 bridgehead atoms. The lowest BCUT2D eigenvalue weighted by Crippen LogP contribution is -2.54. The van der Waals surface area contributed by atoms with Gasteiger partial charge in [0.05, 0.1) is 101 Å². The molecule has 0 aliphatic carbocycles. The van der Waals surface area contributed by atoms with Gasteiger partial charge in [-0.25, -0.2) is 43.7 Å². The lowest BCUT2D eigenvalue weighted by Gasteiger charge is -2.40. The van der Waals surface area contributed by atoms with Crippen LogP contribution in [-0.2, 0) is 18.5 Å². The fourth-order valence-electron chi connectivity index (χ4n) is 12.4. The fraction of sp³-hybridized carbons (Fsp3) is 0.306. The van der Waals surface area contributed by atoms with Gasteiger partial charge in [0, 0.05) is 97.6 Å². The average Bonchev–Trinajstić information content (AvgIpc) is 1.31. The fourth-order valence-corrected chi connectivity index (χ4v) is 16.8. The number of carbonyl (C=O) groups is 2. The maximum absolute atomic E-state index is 15.0. The molecule has 8 N–H and O–H groups in total. The van der Waals surface area contributed by atoms with Crippen LogP contribution in [0.25, 0.3) is 68.8 Å². The van der Waals surface area contributed by atoms with Gasteiger partial charge in [0.15, 0.2) is 5.65 Å². The van der Waals surface area contributed by atoms with Crippen molar-refractivity contribution in [3.63, 3.8) is 0 Å². The first-order valence-electron chi connectivity index (χ1n) is 33.6. The van der Waals surface area contributed by atoms with Crippen molar-refractivity contribution >= 4 is 244 Å². The van der Waals surface area contributed by atoms with E-state index in [4.69, 9.17) is 88.0 Å². The molecule has 562 valence electrons. The molecule has 2 aliphatic rings. The molecule has 0 spiro atoms. The molecule has 0 unspecified atom stereocenters. The number of carbonyl (C=O) groups excluding carboxylic acids is 2. The number of hydrogen-bond donors (Lipinski definition) is 4. The van der Waals surface area contributed by atoms with Crippen LogP contribution in [0.15, 0.2) is 111 Å². The molecule has 35 heteroatoms. The maximum Gasteiger partial charge on any atom is 0.426 e. The molecule has 20 nitrogen and oxygen atoms in total. The number of primary amides is 1. The Bertz CT molecular complexity index is 5160. The summed E-state index contributed by atoms with van der Waals surface area (Å²) in [5.41, 5.74) is 44.4. The number of hydrogen-bond acceptors (Lipinski definition) is 21. The molecule has 5 aromatic carbocycles. The van der Waals surface area contributed by atoms with E-state index in [9.17, 15) is 14.4 Å². The maximum atomic E-state index is 15.0. The quantitative estimate of drug-likeness (QED) is 0.0452. The number of aryl methyl sites for hydroxylation is 2. The van der Waals surface area contributed by atoms with E-state index in [2.05, 4.69) is 149 Å². The minimum atomic E-state index is -0.689. The number of nitrogens with zero attached hydrogens (tertiary/aromatic N) is 10. The van der Waals surface area contributed by atoms with Gasteiger partial charge in [-0.3, -0.25) is 9.59 Å². The van der Waals surface area contributed by atoms with Crippen molar-refractivity contribution in [2.24, 2.45) is 5.73 Å². The van der Waals surface area contributed by atoms with Crippen molar-refractivity contribution < 1.29 is 27.7 Å². The summed E-state index contributed by atoms with van der Waals surface area (Å²) in [4.78, 5) is 71.8. The van der Waals surface area contributed by atoms with Gasteiger partial charge < -0.3 is 46.5 Å². The second-order valence-electron chi connectivity index (χ2n) is 26.0. The van der Waals surface area contributed by atoms with Crippen LogP contribution in [0.3, 0.4) is 0 Å². The number of piperazine rings is 1. The Morgan fingerprint density at radius 1 is 0.645 bits per heavy atom. The highest BCUT2D eigenvalue weighted by atomic mass is 80.9. The average molecular weight is 1800 g/mol. The van der Waals surface area contributed by atoms with E-state index in [1.165, 1.54) is 48.0 Å². The number of halogens is 8. The zero-order valence-electron chi connectivity index (χ0n) is 61.1. The van der Waals surface area contributed by atoms with Crippen molar-refractivity contribution in [3.8, 4) is 16.9 Å². The molecule has 2 fully saturated rings. The van der Waals surface area contributed by atoms with Gasteiger partial charge in [-0.2, -0.15) is 4.98 Å². The SMILES string of the molecule is BrBr.C=CC(=O)N1CCN(c2nc(=O)n(-c3c(C)cc4scnc4c3C(C)C)c3nc(-c4ccccc4F)c(Cl)cc23)[C@@H](C)C1.CB1OB(C)OB(C)O1.CC(C)c1c(N)c(Br)cc2scnc12.CC(C)c1c(N)ccc2scnc12.Cc1cc2scnc2c(C(C)C)c1N.NC(=O)c1cc(Cl)c(Cl)nc1Cl. The van der Waals surface area contributed by atoms with E-state index in [-0.39, 0.29) is 76.4 Å². The van der Waals surface area contributed by atoms with Crippen LogP contribution >= 0.6 is 136 Å². The molecule has 2 amide bonds. The summed E-state index contributed by atoms with van der Waals surface area (Å²) >= 11 is 38.9. The summed E-state index contributed by atoms with van der Waals surface area (Å²) in [6.45, 7) is 33.5. The van der Waals surface area contributed by atoms with E-state index < -0.39 is 17.4 Å². The molecule has 9 heterocycles. The highest BCUT2D eigenvalue weighted by Gasteiger charge is 2.33. The number of amides is 2. The Morgan fingerprint density at radius 2 is 1.14 bits per heavy atom. The molecule has 7 aromatic heterocycles. The van der Waals surface area contributed by atoms with Gasteiger partial charge in [-0.1, -0.05) is 121 Å². The Hall–Kier alpha value is -6.42. The molecule has 107 heavy (non-hydrogen) atoms. The van der Waals surface area contributed by atoms with E-state index in [1.807, 2.05) is 80.0 Å². The van der Waals surface area contributed by atoms with Gasteiger partial charge in [0.1, 0.15) is 21.9 Å². The smallest absolute Gasteiger partial charge is 0.426 e. The standard InChI is InChI=1S/C32H30ClFN6O2S.C11H14N2S.C10H11BrN2S.C10H12N2S.C6H3Cl3N2O.C3H9B3O3.Br2/c1-6-25(41)38-11-12-39(19(5)15-38)30-21-14-22(33)27(20-9-7-8-10-23(20)34)36-31(21)40(32(42)37-30)29-18(4)13-24-28(35-16-43-24)26(29)17(2)3;1-6(2)9-10(12)7(3)4-8-11(9)13-5-14-8;1-5(2)8-9(12)6(11)3-7-10(8)13-4-14-7;1-6(2)9-7(11)3-4-8-10(9)12-5-13-8;7-3-1-2(6(10)12)4(8)11-5(3)9;1-4-7-5(2)9-6(3)8-4;1-2/h6-10,13-14,16-17,19H,1,11-12,15H2,2-5H3;4-6H,12H2,1-3H3;3-5H,12H2,1-2H3;3-6H,11H2,1-2H3;1H,(H2,10,12);1-3H3;/t19-;;;;;;/m0....../s1. The Balaban J connectivity index is 0.000000184. The summed E-state index contributed by atoms with van der Waals surface area (Å²) in [6, 6.07) is 19.3. The molecule has 12 aromatic rings. The van der Waals surface area contributed by atoms with Gasteiger partial charge in [-0.05, 0) is 153 Å². The lowest BCUT2D eigenvalue weighted by molar-refractivity contribution is -0.126. The number of pyridine rings is 2. The number of aromatic nitrogens is 8. The van der Waals surface area contributed by atoms with Crippen molar-refractivity contribution in [2.45, 2.75) is 126 Å². The van der Waals surface area contributed by atoms with Gasteiger partial charge in [0.2, 0.25) is 5.91 Å². The van der Waals surface area contributed by atoms with E-state index >= 15 is 4.39 Å². The molecule has 2 saturated heterocycles. The Kier molecular flexibility index (Phi) is 31.0. The Morgan fingerprint density at radius 3 is 1.65 bits per heavy atom. The number of anilines is 4. The highest BCUT2D eigenvalue weighted by molar-refractivity contribution is 9.93. The first-order chi connectivity index (χ1) is 50.7. The topological polar surface area (TPSA) is 285 Å². The number of benzene rings is 5. The predicted molar refractivity (Wildman–Crippen MR) is 462 cm³/mol. The number of nitrogen functional groups attached to an aromatic ring is 3. The van der Waals surface area contributed by atoms with Crippen molar-refractivity contribution in [1.29, 1.82) is 0 Å². The van der Waals surface area contributed by atoms with Crippen LogP contribution in [0.2, 0.25) is 40.8 Å². The molecule has 0 radical (unpaired) electrons. The summed E-state index contributed by atoms with van der Waals surface area (Å²) in [6.07, 6.45) is 1.30. The van der Waals surface area contributed by atoms with Crippen LogP contribution in [0, 0.1) is 19.7 Å². The normalized spacial score (nSPS) is 13.6. The van der Waals surface area contributed by atoms with Crippen LogP contribution in [-0.4, -0.2) is 103 Å². The minimum Gasteiger partial charge on any atom is -0.453 e. The van der Waals surface area contributed by atoms with Crippen LogP contribution in [0.4, 0.5) is 27.3 Å². The third-order valence-corrected chi connectivity index (χ3v) is 22.1. The summed E-state index contributed by atoms with van der Waals surface area (Å²) in [5, 5.41) is 0.931. The summed E-state index contributed by atoms with van der Waals surface area (Å²) in [7, 11) is -0.406. The molecule has 1 atom stereocenters. The highest BCUT2D eigenvalue weighted by Crippen LogP contribution is 2.42. The lowest BCUT2D eigenvalue weighted by atomic mass is 9.74.